The summed E-state index contributed by atoms with van der Waals surface area (Å²) in [6.07, 6.45) is 2.32. The lowest BCUT2D eigenvalue weighted by molar-refractivity contribution is -0.130. The number of amides is 1. The molecule has 2 heterocycles. The Kier molecular flexibility index (Phi) is 5.20. The van der Waals surface area contributed by atoms with Crippen molar-refractivity contribution in [2.24, 2.45) is 0 Å². The number of nitrogens with zero attached hydrogens (tertiary/aromatic N) is 3. The molecule has 29 heavy (non-hydrogen) atoms. The minimum atomic E-state index is -0.209. The summed E-state index contributed by atoms with van der Waals surface area (Å²) >= 11 is 0. The molecule has 7 nitrogen and oxygen atoms in total. The van der Waals surface area contributed by atoms with Crippen molar-refractivity contribution in [1.82, 2.24) is 19.9 Å². The van der Waals surface area contributed by atoms with Gasteiger partial charge in [0.1, 0.15) is 5.82 Å². The highest BCUT2D eigenvalue weighted by molar-refractivity contribution is 5.77. The number of nitrogens with one attached hydrogen (secondary N) is 1. The molecule has 0 spiro atoms. The second kappa shape index (κ2) is 8.10. The number of aromatic amines is 1. The molecule has 1 N–H and O–H groups in total. The maximum atomic E-state index is 12.5. The predicted octanol–water partition coefficient (Wildman–Crippen LogP) is 3.17. The first-order valence-corrected chi connectivity index (χ1v) is 9.32. The quantitative estimate of drug-likeness (QED) is 0.548. The van der Waals surface area contributed by atoms with E-state index in [2.05, 4.69) is 15.0 Å². The van der Waals surface area contributed by atoms with E-state index < -0.39 is 0 Å². The van der Waals surface area contributed by atoms with Crippen LogP contribution in [-0.2, 0) is 17.8 Å². The van der Waals surface area contributed by atoms with E-state index in [1.54, 1.807) is 31.4 Å². The molecule has 0 saturated carbocycles. The Morgan fingerprint density at radius 1 is 1.10 bits per heavy atom. The summed E-state index contributed by atoms with van der Waals surface area (Å²) in [5.74, 6) is 1.56. The zero-order valence-electron chi connectivity index (χ0n) is 16.0. The lowest BCUT2D eigenvalue weighted by Crippen LogP contribution is -2.28. The van der Waals surface area contributed by atoms with E-state index in [0.29, 0.717) is 34.8 Å². The SMILES string of the molecule is CN(Cc1nc2ccccc2c(=O)[nH]1)C(=O)CCc1ncc(-c2ccccc2)o1. The van der Waals surface area contributed by atoms with Crippen molar-refractivity contribution < 1.29 is 9.21 Å². The summed E-state index contributed by atoms with van der Waals surface area (Å²) in [5.41, 5.74) is 1.35. The summed E-state index contributed by atoms with van der Waals surface area (Å²) in [7, 11) is 1.68. The van der Waals surface area contributed by atoms with Gasteiger partial charge in [-0.15, -0.1) is 0 Å². The Labute approximate surface area is 167 Å². The normalized spacial score (nSPS) is 10.9. The molecular formula is C22H20N4O3. The van der Waals surface area contributed by atoms with Crippen LogP contribution in [0.15, 0.2) is 70.0 Å². The predicted molar refractivity (Wildman–Crippen MR) is 109 cm³/mol. The average Bonchev–Trinajstić information content (AvgIpc) is 3.22. The van der Waals surface area contributed by atoms with E-state index in [4.69, 9.17) is 4.42 Å². The number of benzene rings is 2. The van der Waals surface area contributed by atoms with Gasteiger partial charge < -0.3 is 14.3 Å². The maximum absolute atomic E-state index is 12.5. The third-order valence-corrected chi connectivity index (χ3v) is 4.64. The van der Waals surface area contributed by atoms with E-state index in [9.17, 15) is 9.59 Å². The zero-order chi connectivity index (χ0) is 20.2. The van der Waals surface area contributed by atoms with Gasteiger partial charge in [0.15, 0.2) is 11.7 Å². The Morgan fingerprint density at radius 3 is 2.69 bits per heavy atom. The summed E-state index contributed by atoms with van der Waals surface area (Å²) in [6.45, 7) is 0.222. The number of H-pyrrole nitrogens is 1. The van der Waals surface area contributed by atoms with Crippen molar-refractivity contribution in [2.45, 2.75) is 19.4 Å². The van der Waals surface area contributed by atoms with Crippen LogP contribution >= 0.6 is 0 Å². The number of fused-ring (bicyclic) bond motifs is 1. The largest absolute Gasteiger partial charge is 0.441 e. The van der Waals surface area contributed by atoms with E-state index >= 15 is 0 Å². The Bertz CT molecular complexity index is 1200. The molecule has 2 aromatic carbocycles. The molecule has 4 aromatic rings. The van der Waals surface area contributed by atoms with Gasteiger partial charge in [-0.05, 0) is 12.1 Å². The lowest BCUT2D eigenvalue weighted by atomic mass is 10.2. The smallest absolute Gasteiger partial charge is 0.258 e. The second-order valence-corrected chi connectivity index (χ2v) is 6.76. The lowest BCUT2D eigenvalue weighted by Gasteiger charge is -2.16. The van der Waals surface area contributed by atoms with Gasteiger partial charge in [-0.2, -0.15) is 0 Å². The number of carbonyl (C=O) groups is 1. The van der Waals surface area contributed by atoms with Gasteiger partial charge >= 0.3 is 0 Å². The minimum absolute atomic E-state index is 0.0831. The Hall–Kier alpha value is -3.74. The van der Waals surface area contributed by atoms with Crippen molar-refractivity contribution >= 4 is 16.8 Å². The molecule has 0 saturated heterocycles. The molecule has 2 aromatic heterocycles. The highest BCUT2D eigenvalue weighted by atomic mass is 16.4. The fourth-order valence-electron chi connectivity index (χ4n) is 3.09. The van der Waals surface area contributed by atoms with E-state index in [1.165, 1.54) is 4.90 Å². The number of carbonyl (C=O) groups excluding carboxylic acids is 1. The van der Waals surface area contributed by atoms with E-state index in [0.717, 1.165) is 5.56 Å². The maximum Gasteiger partial charge on any atom is 0.258 e. The third-order valence-electron chi connectivity index (χ3n) is 4.64. The Balaban J connectivity index is 1.38. The molecule has 0 atom stereocenters. The summed E-state index contributed by atoms with van der Waals surface area (Å²) < 4.78 is 5.74. The molecule has 0 radical (unpaired) electrons. The van der Waals surface area contributed by atoms with Crippen LogP contribution in [0.25, 0.3) is 22.2 Å². The van der Waals surface area contributed by atoms with Gasteiger partial charge in [0.2, 0.25) is 5.91 Å². The van der Waals surface area contributed by atoms with Crippen molar-refractivity contribution in [1.29, 1.82) is 0 Å². The monoisotopic (exact) mass is 388 g/mol. The van der Waals surface area contributed by atoms with Crippen LogP contribution in [0, 0.1) is 0 Å². The van der Waals surface area contributed by atoms with E-state index in [1.807, 2.05) is 36.4 Å². The molecule has 0 aliphatic carbocycles. The highest BCUT2D eigenvalue weighted by Gasteiger charge is 2.14. The van der Waals surface area contributed by atoms with Gasteiger partial charge in [-0.1, -0.05) is 42.5 Å². The van der Waals surface area contributed by atoms with Crippen LogP contribution in [0.5, 0.6) is 0 Å². The first-order valence-electron chi connectivity index (χ1n) is 9.32. The second-order valence-electron chi connectivity index (χ2n) is 6.76. The van der Waals surface area contributed by atoms with Gasteiger partial charge in [0, 0.05) is 25.5 Å². The molecule has 1 amide bonds. The van der Waals surface area contributed by atoms with Gasteiger partial charge in [-0.3, -0.25) is 9.59 Å². The molecular weight excluding hydrogens is 368 g/mol. The van der Waals surface area contributed by atoms with Crippen molar-refractivity contribution in [2.75, 3.05) is 7.05 Å². The van der Waals surface area contributed by atoms with Gasteiger partial charge in [0.25, 0.3) is 5.56 Å². The number of aromatic nitrogens is 3. The highest BCUT2D eigenvalue weighted by Crippen LogP contribution is 2.20. The molecule has 7 heteroatoms. The van der Waals surface area contributed by atoms with Crippen LogP contribution in [0.4, 0.5) is 0 Å². The molecule has 0 aliphatic rings. The van der Waals surface area contributed by atoms with Crippen LogP contribution in [-0.4, -0.2) is 32.8 Å². The summed E-state index contributed by atoms with van der Waals surface area (Å²) in [6, 6.07) is 16.8. The fourth-order valence-corrected chi connectivity index (χ4v) is 3.09. The fraction of sp³-hybridized carbons (Fsp3) is 0.182. The first-order chi connectivity index (χ1) is 14.1. The van der Waals surface area contributed by atoms with Gasteiger partial charge in [0.05, 0.1) is 23.6 Å². The Morgan fingerprint density at radius 2 is 1.86 bits per heavy atom. The number of oxazole rings is 1. The molecule has 0 unspecified atom stereocenters. The third kappa shape index (κ3) is 4.24. The molecule has 146 valence electrons. The van der Waals surface area contributed by atoms with Crippen LogP contribution < -0.4 is 5.56 Å². The molecule has 0 bridgehead atoms. The van der Waals surface area contributed by atoms with Crippen molar-refractivity contribution in [3.05, 3.63) is 82.9 Å². The topological polar surface area (TPSA) is 92.1 Å². The van der Waals surface area contributed by atoms with Crippen molar-refractivity contribution in [3.8, 4) is 11.3 Å². The molecule has 0 fully saturated rings. The summed E-state index contributed by atoms with van der Waals surface area (Å²) in [5, 5.41) is 0.531. The standard InChI is InChI=1S/C22H20N4O3/c1-26(14-19-24-17-10-6-5-9-16(17)22(28)25-19)21(27)12-11-20-23-13-18(29-20)15-7-3-2-4-8-15/h2-10,13H,11-12,14H2,1H3,(H,24,25,28). The van der Waals surface area contributed by atoms with Crippen molar-refractivity contribution in [3.63, 3.8) is 0 Å². The number of hydrogen-bond donors (Lipinski definition) is 1. The van der Waals surface area contributed by atoms with Crippen LogP contribution in [0.1, 0.15) is 18.1 Å². The van der Waals surface area contributed by atoms with E-state index in [-0.39, 0.29) is 24.4 Å². The number of para-hydroxylation sites is 1. The average molecular weight is 388 g/mol. The number of rotatable bonds is 6. The minimum Gasteiger partial charge on any atom is -0.441 e. The number of hydrogen-bond acceptors (Lipinski definition) is 5. The first kappa shape index (κ1) is 18.6. The van der Waals surface area contributed by atoms with Gasteiger partial charge in [-0.25, -0.2) is 9.97 Å². The molecule has 0 aliphatic heterocycles. The number of aryl methyl sites for hydroxylation is 1. The zero-order valence-corrected chi connectivity index (χ0v) is 16.0. The molecule has 4 rings (SSSR count). The van der Waals surface area contributed by atoms with Crippen LogP contribution in [0.3, 0.4) is 0 Å². The van der Waals surface area contributed by atoms with Crippen LogP contribution in [0.2, 0.25) is 0 Å². The summed E-state index contributed by atoms with van der Waals surface area (Å²) in [4.78, 5) is 37.6.